The first-order valence-electron chi connectivity index (χ1n) is 7.51. The first-order chi connectivity index (χ1) is 11.0. The van der Waals surface area contributed by atoms with E-state index in [4.69, 9.17) is 16.4 Å². The number of amidine groups is 1. The number of nitrogens with zero attached hydrogens (tertiary/aromatic N) is 2. The van der Waals surface area contributed by atoms with Gasteiger partial charge in [0.25, 0.3) is 0 Å². The predicted molar refractivity (Wildman–Crippen MR) is 90.4 cm³/mol. The topological polar surface area (TPSA) is 127 Å². The highest BCUT2D eigenvalue weighted by atomic mass is 16.1. The maximum absolute atomic E-state index is 12.2. The average Bonchev–Trinajstić information content (AvgIpc) is 3.05. The van der Waals surface area contributed by atoms with Crippen LogP contribution < -0.4 is 16.5 Å². The summed E-state index contributed by atoms with van der Waals surface area (Å²) in [6.45, 7) is 1.91. The minimum absolute atomic E-state index is 0.0488. The minimum atomic E-state index is -0.401. The third kappa shape index (κ3) is 4.30. The molecule has 1 aromatic carbocycles. The SMILES string of the molecule is Cc1ccc(N/N=C(\C#N)C(=N)N)cc1NC(=O)C1CCCC1. The lowest BCUT2D eigenvalue weighted by molar-refractivity contribution is -0.119. The molecule has 0 radical (unpaired) electrons. The summed E-state index contributed by atoms with van der Waals surface area (Å²) in [6, 6.07) is 7.11. The fourth-order valence-electron chi connectivity index (χ4n) is 2.51. The Bertz CT molecular complexity index is 682. The van der Waals surface area contributed by atoms with Crippen molar-refractivity contribution < 1.29 is 4.79 Å². The summed E-state index contributed by atoms with van der Waals surface area (Å²) < 4.78 is 0. The van der Waals surface area contributed by atoms with E-state index in [0.717, 1.165) is 31.2 Å². The van der Waals surface area contributed by atoms with E-state index in [2.05, 4.69) is 15.8 Å². The second-order valence-electron chi connectivity index (χ2n) is 5.60. The Labute approximate surface area is 135 Å². The Kier molecular flexibility index (Phi) is 5.31. The summed E-state index contributed by atoms with van der Waals surface area (Å²) in [5, 5.41) is 22.8. The van der Waals surface area contributed by atoms with Crippen LogP contribution in [0.1, 0.15) is 31.2 Å². The van der Waals surface area contributed by atoms with Crippen LogP contribution in [0.5, 0.6) is 0 Å². The van der Waals surface area contributed by atoms with Crippen LogP contribution in [-0.4, -0.2) is 17.5 Å². The second-order valence-corrected chi connectivity index (χ2v) is 5.60. The van der Waals surface area contributed by atoms with Crippen LogP contribution >= 0.6 is 0 Å². The summed E-state index contributed by atoms with van der Waals surface area (Å²) in [5.74, 6) is -0.262. The molecule has 1 aromatic rings. The van der Waals surface area contributed by atoms with Gasteiger partial charge in [-0.1, -0.05) is 18.9 Å². The molecule has 0 aromatic heterocycles. The molecule has 7 nitrogen and oxygen atoms in total. The molecule has 2 rings (SSSR count). The molecular weight excluding hydrogens is 292 g/mol. The first kappa shape index (κ1) is 16.5. The van der Waals surface area contributed by atoms with Gasteiger partial charge in [-0.2, -0.15) is 10.4 Å². The van der Waals surface area contributed by atoms with Gasteiger partial charge in [-0.15, -0.1) is 0 Å². The van der Waals surface area contributed by atoms with Gasteiger partial charge < -0.3 is 11.1 Å². The van der Waals surface area contributed by atoms with Crippen molar-refractivity contribution in [2.45, 2.75) is 32.6 Å². The van der Waals surface area contributed by atoms with Crippen molar-refractivity contribution >= 4 is 28.8 Å². The van der Waals surface area contributed by atoms with E-state index in [1.54, 1.807) is 18.2 Å². The third-order valence-electron chi connectivity index (χ3n) is 3.88. The number of benzene rings is 1. The number of hydrogen-bond donors (Lipinski definition) is 4. The Hall–Kier alpha value is -2.88. The zero-order chi connectivity index (χ0) is 16.8. The van der Waals surface area contributed by atoms with Crippen LogP contribution in [0.4, 0.5) is 11.4 Å². The van der Waals surface area contributed by atoms with Crippen molar-refractivity contribution in [3.63, 3.8) is 0 Å². The molecule has 1 aliphatic rings. The zero-order valence-electron chi connectivity index (χ0n) is 13.0. The van der Waals surface area contributed by atoms with Crippen molar-refractivity contribution in [3.8, 4) is 6.07 Å². The molecule has 1 amide bonds. The van der Waals surface area contributed by atoms with Crippen LogP contribution in [0.3, 0.4) is 0 Å². The van der Waals surface area contributed by atoms with Crippen molar-refractivity contribution in [1.82, 2.24) is 0 Å². The molecule has 0 spiro atoms. The quantitative estimate of drug-likeness (QED) is 0.378. The maximum atomic E-state index is 12.2. The Balaban J connectivity index is 2.11. The zero-order valence-corrected chi connectivity index (χ0v) is 13.0. The second kappa shape index (κ2) is 7.40. The normalized spacial score (nSPS) is 15.0. The van der Waals surface area contributed by atoms with Crippen LogP contribution in [0.2, 0.25) is 0 Å². The molecule has 5 N–H and O–H groups in total. The van der Waals surface area contributed by atoms with Gasteiger partial charge in [0, 0.05) is 11.6 Å². The van der Waals surface area contributed by atoms with E-state index < -0.39 is 5.84 Å². The molecule has 23 heavy (non-hydrogen) atoms. The molecule has 1 fully saturated rings. The molecule has 0 bridgehead atoms. The van der Waals surface area contributed by atoms with Crippen molar-refractivity contribution in [2.75, 3.05) is 10.7 Å². The molecular formula is C16H20N6O. The van der Waals surface area contributed by atoms with Crippen molar-refractivity contribution in [3.05, 3.63) is 23.8 Å². The van der Waals surface area contributed by atoms with E-state index in [1.165, 1.54) is 0 Å². The molecule has 0 aliphatic heterocycles. The van der Waals surface area contributed by atoms with Crippen LogP contribution in [0.25, 0.3) is 0 Å². The Morgan fingerprint density at radius 1 is 1.43 bits per heavy atom. The number of nitriles is 1. The Morgan fingerprint density at radius 2 is 2.13 bits per heavy atom. The summed E-state index contributed by atoms with van der Waals surface area (Å²) in [7, 11) is 0. The number of anilines is 2. The minimum Gasteiger partial charge on any atom is -0.382 e. The predicted octanol–water partition coefficient (Wildman–Crippen LogP) is 2.35. The smallest absolute Gasteiger partial charge is 0.227 e. The number of hydrazone groups is 1. The van der Waals surface area contributed by atoms with E-state index in [9.17, 15) is 4.79 Å². The Morgan fingerprint density at radius 3 is 2.74 bits per heavy atom. The van der Waals surface area contributed by atoms with E-state index >= 15 is 0 Å². The highest BCUT2D eigenvalue weighted by Crippen LogP contribution is 2.27. The fraction of sp³-hybridized carbons (Fsp3) is 0.375. The number of amides is 1. The standard InChI is InChI=1S/C16H20N6O/c1-10-6-7-12(21-22-14(9-17)15(18)19)8-13(10)20-16(23)11-4-2-3-5-11/h6-8,11,21H,2-5H2,1H3,(H3,18,19)(H,20,23)/b22-14+. The molecule has 0 heterocycles. The van der Waals surface area contributed by atoms with Gasteiger partial charge in [-0.3, -0.25) is 15.6 Å². The number of nitrogens with two attached hydrogens (primary N) is 1. The van der Waals surface area contributed by atoms with Gasteiger partial charge in [0.15, 0.2) is 5.84 Å². The van der Waals surface area contributed by atoms with E-state index in [-0.39, 0.29) is 17.5 Å². The van der Waals surface area contributed by atoms with Crippen molar-refractivity contribution in [2.24, 2.45) is 16.8 Å². The number of hydrogen-bond acceptors (Lipinski definition) is 5. The van der Waals surface area contributed by atoms with Gasteiger partial charge in [0.2, 0.25) is 11.6 Å². The van der Waals surface area contributed by atoms with Gasteiger partial charge in [0.1, 0.15) is 6.07 Å². The maximum Gasteiger partial charge on any atom is 0.227 e. The third-order valence-corrected chi connectivity index (χ3v) is 3.88. The number of carbonyl (C=O) groups is 1. The highest BCUT2D eigenvalue weighted by molar-refractivity contribution is 6.45. The molecule has 0 saturated heterocycles. The van der Waals surface area contributed by atoms with Crippen LogP contribution in [0.15, 0.2) is 23.3 Å². The summed E-state index contributed by atoms with van der Waals surface area (Å²) in [5.41, 5.74) is 9.98. The van der Waals surface area contributed by atoms with Gasteiger partial charge >= 0.3 is 0 Å². The largest absolute Gasteiger partial charge is 0.382 e. The number of nitrogens with one attached hydrogen (secondary N) is 3. The van der Waals surface area contributed by atoms with E-state index in [0.29, 0.717) is 11.4 Å². The molecule has 1 aliphatic carbocycles. The fourth-order valence-corrected chi connectivity index (χ4v) is 2.51. The van der Waals surface area contributed by atoms with Gasteiger partial charge in [0.05, 0.1) is 5.69 Å². The molecule has 1 saturated carbocycles. The van der Waals surface area contributed by atoms with Crippen molar-refractivity contribution in [1.29, 1.82) is 10.7 Å². The van der Waals surface area contributed by atoms with Gasteiger partial charge in [-0.05, 0) is 37.5 Å². The molecule has 120 valence electrons. The molecule has 7 heteroatoms. The lowest BCUT2D eigenvalue weighted by Crippen LogP contribution is -2.22. The highest BCUT2D eigenvalue weighted by Gasteiger charge is 2.22. The number of aryl methyl sites for hydroxylation is 1. The van der Waals surface area contributed by atoms with E-state index in [1.807, 2.05) is 13.0 Å². The lowest BCUT2D eigenvalue weighted by atomic mass is 10.1. The summed E-state index contributed by atoms with van der Waals surface area (Å²) >= 11 is 0. The van der Waals surface area contributed by atoms with Crippen LogP contribution in [0, 0.1) is 29.6 Å². The lowest BCUT2D eigenvalue weighted by Gasteiger charge is -2.13. The van der Waals surface area contributed by atoms with Crippen LogP contribution in [-0.2, 0) is 4.79 Å². The summed E-state index contributed by atoms with van der Waals surface area (Å²) in [6.07, 6.45) is 4.10. The van der Waals surface area contributed by atoms with Gasteiger partial charge in [-0.25, -0.2) is 0 Å². The monoisotopic (exact) mass is 312 g/mol. The molecule has 0 atom stereocenters. The average molecular weight is 312 g/mol. The number of rotatable bonds is 5. The summed E-state index contributed by atoms with van der Waals surface area (Å²) in [4.78, 5) is 12.2. The molecule has 0 unspecified atom stereocenters. The first-order valence-corrected chi connectivity index (χ1v) is 7.51. The number of carbonyl (C=O) groups excluding carboxylic acids is 1.